The Morgan fingerprint density at radius 1 is 1.07 bits per heavy atom. The highest BCUT2D eigenvalue weighted by molar-refractivity contribution is 8.00. The molecule has 1 aromatic heterocycles. The molecular weight excluding hydrogens is 421 g/mol. The topological polar surface area (TPSA) is 78.7 Å². The highest BCUT2D eigenvalue weighted by atomic mass is 32.2. The molecule has 0 aliphatic heterocycles. The monoisotopic (exact) mass is 434 g/mol. The minimum absolute atomic E-state index is 0.0882. The van der Waals surface area contributed by atoms with Gasteiger partial charge in [-0.25, -0.2) is 9.97 Å². The number of aromatic nitrogens is 2. The maximum Gasteiger partial charge on any atom is 0.451 e. The highest BCUT2D eigenvalue weighted by Crippen LogP contribution is 2.32. The van der Waals surface area contributed by atoms with Crippen LogP contribution in [0, 0.1) is 11.3 Å². The van der Waals surface area contributed by atoms with Crippen LogP contribution >= 0.6 is 23.5 Å². The van der Waals surface area contributed by atoms with Crippen LogP contribution in [0.3, 0.4) is 0 Å². The molecule has 0 aliphatic rings. The number of nitriles is 1. The lowest BCUT2D eigenvalue weighted by molar-refractivity contribution is -0.145. The van der Waals surface area contributed by atoms with Crippen molar-refractivity contribution in [2.75, 3.05) is 16.8 Å². The van der Waals surface area contributed by atoms with Gasteiger partial charge in [0.1, 0.15) is 5.03 Å². The Labute approximate surface area is 172 Å². The van der Waals surface area contributed by atoms with Crippen molar-refractivity contribution in [1.82, 2.24) is 9.97 Å². The van der Waals surface area contributed by atoms with Crippen LogP contribution in [-0.4, -0.2) is 27.4 Å². The van der Waals surface area contributed by atoms with E-state index in [0.717, 1.165) is 16.7 Å². The third-order valence-corrected chi connectivity index (χ3v) is 5.55. The van der Waals surface area contributed by atoms with Crippen LogP contribution in [0.4, 0.5) is 18.9 Å². The number of nitrogens with zero attached hydrogens (tertiary/aromatic N) is 3. The van der Waals surface area contributed by atoms with Gasteiger partial charge in [0.05, 0.1) is 28.8 Å². The Bertz CT molecular complexity index is 1080. The summed E-state index contributed by atoms with van der Waals surface area (Å²) in [6.45, 7) is 0. The summed E-state index contributed by atoms with van der Waals surface area (Å²) in [7, 11) is 0. The van der Waals surface area contributed by atoms with E-state index in [-0.39, 0.29) is 22.0 Å². The molecule has 0 spiro atoms. The fourth-order valence-electron chi connectivity index (χ4n) is 2.41. The van der Waals surface area contributed by atoms with E-state index in [4.69, 9.17) is 5.26 Å². The van der Waals surface area contributed by atoms with Crippen molar-refractivity contribution in [2.45, 2.75) is 16.1 Å². The predicted molar refractivity (Wildman–Crippen MR) is 107 cm³/mol. The van der Waals surface area contributed by atoms with E-state index in [1.54, 1.807) is 42.5 Å². The number of anilines is 1. The molecular formula is C19H13F3N4OS2. The molecule has 0 aliphatic carbocycles. The highest BCUT2D eigenvalue weighted by Gasteiger charge is 2.35. The number of amides is 1. The van der Waals surface area contributed by atoms with E-state index in [9.17, 15) is 18.0 Å². The minimum atomic E-state index is -4.68. The molecule has 1 heterocycles. The molecule has 10 heteroatoms. The van der Waals surface area contributed by atoms with Crippen LogP contribution in [0.15, 0.2) is 58.5 Å². The van der Waals surface area contributed by atoms with E-state index in [1.165, 1.54) is 17.8 Å². The molecule has 0 unspecified atom stereocenters. The molecule has 2 aromatic carbocycles. The van der Waals surface area contributed by atoms with Crippen molar-refractivity contribution in [1.29, 1.82) is 5.26 Å². The first-order valence-corrected chi connectivity index (χ1v) is 10.2. The standard InChI is InChI=1S/C19H13F3N4OS2/c20-19(21,22)18-25-13-6-2-1-5-12(13)17(26-18)29-11-16(27)24-14-7-3-4-8-15(14)28-10-9-23/h1-8H,10-11H2,(H,24,27). The molecule has 0 atom stereocenters. The number of thioether (sulfide) groups is 2. The summed E-state index contributed by atoms with van der Waals surface area (Å²) >= 11 is 2.19. The fraction of sp³-hybridized carbons (Fsp3) is 0.158. The van der Waals surface area contributed by atoms with Crippen LogP contribution in [0.2, 0.25) is 0 Å². The van der Waals surface area contributed by atoms with Gasteiger partial charge in [0.2, 0.25) is 11.7 Å². The van der Waals surface area contributed by atoms with Gasteiger partial charge >= 0.3 is 6.18 Å². The number of rotatable bonds is 6. The Morgan fingerprint density at radius 2 is 1.79 bits per heavy atom. The Hall–Kier alpha value is -2.77. The van der Waals surface area contributed by atoms with Gasteiger partial charge in [-0.15, -0.1) is 11.8 Å². The molecule has 0 radical (unpaired) electrons. The van der Waals surface area contributed by atoms with Crippen molar-refractivity contribution < 1.29 is 18.0 Å². The van der Waals surface area contributed by atoms with Gasteiger partial charge in [0.15, 0.2) is 0 Å². The molecule has 3 aromatic rings. The minimum Gasteiger partial charge on any atom is -0.324 e. The predicted octanol–water partition coefficient (Wildman–Crippen LogP) is 5.00. The summed E-state index contributed by atoms with van der Waals surface area (Å²) in [5.74, 6) is -1.53. The fourth-order valence-corrected chi connectivity index (χ4v) is 3.90. The third-order valence-electron chi connectivity index (χ3n) is 3.62. The van der Waals surface area contributed by atoms with Crippen LogP contribution < -0.4 is 5.32 Å². The summed E-state index contributed by atoms with van der Waals surface area (Å²) in [5, 5.41) is 12.0. The summed E-state index contributed by atoms with van der Waals surface area (Å²) < 4.78 is 39.3. The molecule has 29 heavy (non-hydrogen) atoms. The molecule has 5 nitrogen and oxygen atoms in total. The average molecular weight is 434 g/mol. The van der Waals surface area contributed by atoms with Crippen LogP contribution in [0.5, 0.6) is 0 Å². The number of fused-ring (bicyclic) bond motifs is 1. The number of hydrogen-bond acceptors (Lipinski definition) is 6. The lowest BCUT2D eigenvalue weighted by Crippen LogP contribution is -2.15. The van der Waals surface area contributed by atoms with Crippen molar-refractivity contribution in [3.05, 3.63) is 54.4 Å². The molecule has 0 bridgehead atoms. The van der Waals surface area contributed by atoms with Crippen molar-refractivity contribution in [2.24, 2.45) is 0 Å². The number of hydrogen-bond donors (Lipinski definition) is 1. The van der Waals surface area contributed by atoms with Gasteiger partial charge in [0, 0.05) is 10.3 Å². The first-order valence-electron chi connectivity index (χ1n) is 8.24. The van der Waals surface area contributed by atoms with E-state index in [0.29, 0.717) is 11.1 Å². The van der Waals surface area contributed by atoms with Gasteiger partial charge in [-0.1, -0.05) is 42.1 Å². The van der Waals surface area contributed by atoms with Gasteiger partial charge in [-0.05, 0) is 18.2 Å². The number of nitrogens with one attached hydrogen (secondary N) is 1. The number of halogens is 3. The largest absolute Gasteiger partial charge is 0.451 e. The summed E-state index contributed by atoms with van der Waals surface area (Å²) in [6.07, 6.45) is -4.68. The molecule has 1 N–H and O–H groups in total. The number of benzene rings is 2. The van der Waals surface area contributed by atoms with Crippen LogP contribution in [0.1, 0.15) is 5.82 Å². The second kappa shape index (κ2) is 9.15. The van der Waals surface area contributed by atoms with Crippen molar-refractivity contribution in [3.63, 3.8) is 0 Å². The molecule has 1 amide bonds. The maximum atomic E-state index is 13.1. The number of para-hydroxylation sites is 2. The van der Waals surface area contributed by atoms with Crippen LogP contribution in [-0.2, 0) is 11.0 Å². The first-order chi connectivity index (χ1) is 13.9. The average Bonchev–Trinajstić information content (AvgIpc) is 2.70. The zero-order valence-corrected chi connectivity index (χ0v) is 16.4. The van der Waals surface area contributed by atoms with Gasteiger partial charge in [0.25, 0.3) is 0 Å². The molecule has 0 saturated carbocycles. The summed E-state index contributed by atoms with van der Waals surface area (Å²) in [5.41, 5.74) is 0.706. The van der Waals surface area contributed by atoms with E-state index in [2.05, 4.69) is 15.3 Å². The van der Waals surface area contributed by atoms with Gasteiger partial charge in [-0.2, -0.15) is 18.4 Å². The number of alkyl halides is 3. The number of carbonyl (C=O) groups excluding carboxylic acids is 1. The third kappa shape index (κ3) is 5.40. The second-order valence-corrected chi connectivity index (χ2v) is 7.63. The molecule has 0 saturated heterocycles. The summed E-state index contributed by atoms with van der Waals surface area (Å²) in [4.78, 5) is 20.3. The first kappa shape index (κ1) is 21.0. The Balaban J connectivity index is 1.77. The van der Waals surface area contributed by atoms with Crippen molar-refractivity contribution >= 4 is 46.0 Å². The lowest BCUT2D eigenvalue weighted by Gasteiger charge is -2.11. The quantitative estimate of drug-likeness (QED) is 0.435. The van der Waals surface area contributed by atoms with E-state index >= 15 is 0 Å². The maximum absolute atomic E-state index is 13.1. The van der Waals surface area contributed by atoms with E-state index in [1.807, 2.05) is 6.07 Å². The zero-order valence-electron chi connectivity index (χ0n) is 14.7. The summed E-state index contributed by atoms with van der Waals surface area (Å²) in [6, 6.07) is 15.4. The second-order valence-electron chi connectivity index (χ2n) is 5.65. The molecule has 3 rings (SSSR count). The van der Waals surface area contributed by atoms with E-state index < -0.39 is 17.9 Å². The lowest BCUT2D eigenvalue weighted by atomic mass is 10.2. The smallest absolute Gasteiger partial charge is 0.324 e. The normalized spacial score (nSPS) is 11.2. The SMILES string of the molecule is N#CCSc1ccccc1NC(=O)CSc1nc(C(F)(F)F)nc2ccccc12. The van der Waals surface area contributed by atoms with Gasteiger partial charge in [-0.3, -0.25) is 4.79 Å². The molecule has 148 valence electrons. The number of carbonyl (C=O) groups is 1. The molecule has 0 fully saturated rings. The zero-order chi connectivity index (χ0) is 20.9. The van der Waals surface area contributed by atoms with Crippen LogP contribution in [0.25, 0.3) is 10.9 Å². The Kier molecular flexibility index (Phi) is 6.61. The Morgan fingerprint density at radius 3 is 2.55 bits per heavy atom. The van der Waals surface area contributed by atoms with Crippen molar-refractivity contribution in [3.8, 4) is 6.07 Å². The van der Waals surface area contributed by atoms with Gasteiger partial charge < -0.3 is 5.32 Å².